The minimum absolute atomic E-state index is 0.195. The summed E-state index contributed by atoms with van der Waals surface area (Å²) in [6, 6.07) is 14.4. The van der Waals surface area contributed by atoms with Gasteiger partial charge in [0.2, 0.25) is 0 Å². The van der Waals surface area contributed by atoms with Crippen molar-refractivity contribution in [3.8, 4) is 11.5 Å². The van der Waals surface area contributed by atoms with Gasteiger partial charge in [-0.05, 0) is 62.0 Å². The van der Waals surface area contributed by atoms with E-state index in [4.69, 9.17) is 26.4 Å². The molecule has 0 heterocycles. The van der Waals surface area contributed by atoms with Crippen LogP contribution < -0.4 is 20.1 Å². The quantitative estimate of drug-likeness (QED) is 0.372. The summed E-state index contributed by atoms with van der Waals surface area (Å²) in [5.74, 6) is 1.10. The van der Waals surface area contributed by atoms with E-state index in [1.807, 2.05) is 31.2 Å². The third kappa shape index (κ3) is 8.39. The van der Waals surface area contributed by atoms with Gasteiger partial charge in [0.1, 0.15) is 18.1 Å². The molecule has 0 spiro atoms. The van der Waals surface area contributed by atoms with E-state index in [0.717, 1.165) is 25.0 Å². The van der Waals surface area contributed by atoms with Crippen LogP contribution >= 0.6 is 12.2 Å². The number of nitrogens with one attached hydrogen (secondary N) is 2. The van der Waals surface area contributed by atoms with Crippen LogP contribution in [0.15, 0.2) is 48.5 Å². The van der Waals surface area contributed by atoms with Crippen LogP contribution in [0.4, 0.5) is 5.69 Å². The van der Waals surface area contributed by atoms with Crippen LogP contribution in [0.2, 0.25) is 0 Å². The van der Waals surface area contributed by atoms with Gasteiger partial charge in [0, 0.05) is 12.2 Å². The van der Waals surface area contributed by atoms with Crippen molar-refractivity contribution in [2.24, 2.45) is 0 Å². The van der Waals surface area contributed by atoms with E-state index in [9.17, 15) is 4.79 Å². The molecule has 0 aliphatic carbocycles. The summed E-state index contributed by atoms with van der Waals surface area (Å²) in [7, 11) is 0. The first-order chi connectivity index (χ1) is 14.6. The Morgan fingerprint density at radius 3 is 2.43 bits per heavy atom. The van der Waals surface area contributed by atoms with Crippen LogP contribution in [0.1, 0.15) is 43.5 Å². The molecular formula is C23H30N2O4S. The number of ether oxygens (including phenoxy) is 3. The van der Waals surface area contributed by atoms with Gasteiger partial charge < -0.3 is 19.5 Å². The average Bonchev–Trinajstić information content (AvgIpc) is 2.75. The Labute approximate surface area is 183 Å². The van der Waals surface area contributed by atoms with Crippen molar-refractivity contribution in [2.75, 3.05) is 31.7 Å². The number of unbranched alkanes of at least 4 members (excludes halogenated alkanes) is 2. The highest BCUT2D eigenvalue weighted by molar-refractivity contribution is 7.80. The van der Waals surface area contributed by atoms with Gasteiger partial charge in [-0.2, -0.15) is 0 Å². The van der Waals surface area contributed by atoms with Gasteiger partial charge in [-0.15, -0.1) is 0 Å². The zero-order valence-corrected chi connectivity index (χ0v) is 18.4. The number of benzene rings is 2. The molecular weight excluding hydrogens is 400 g/mol. The third-order valence-corrected chi connectivity index (χ3v) is 4.39. The zero-order chi connectivity index (χ0) is 21.6. The molecule has 1 amide bonds. The molecule has 2 aromatic rings. The Bertz CT molecular complexity index is 796. The van der Waals surface area contributed by atoms with Crippen molar-refractivity contribution in [3.63, 3.8) is 0 Å². The number of carbonyl (C=O) groups excluding carboxylic acids is 1. The van der Waals surface area contributed by atoms with Crippen molar-refractivity contribution < 1.29 is 19.0 Å². The van der Waals surface area contributed by atoms with Crippen LogP contribution in [0.25, 0.3) is 0 Å². The molecule has 2 rings (SSSR count). The summed E-state index contributed by atoms with van der Waals surface area (Å²) in [6.45, 7) is 6.35. The lowest BCUT2D eigenvalue weighted by atomic mass is 10.2. The Balaban J connectivity index is 1.85. The maximum atomic E-state index is 12.5. The average molecular weight is 431 g/mol. The summed E-state index contributed by atoms with van der Waals surface area (Å²) in [5, 5.41) is 5.90. The summed E-state index contributed by atoms with van der Waals surface area (Å²) >= 11 is 5.29. The molecule has 0 fully saturated rings. The number of amides is 1. The standard InChI is InChI=1S/C23H30N2O4S/c1-3-5-8-15-28-19-13-11-18(12-14-19)22(26)25-23(30)24-20-9-6-7-10-21(20)29-17-16-27-4-2/h6-7,9-14H,3-5,8,15-17H2,1-2H3,(H2,24,25,26,30). The fourth-order valence-corrected chi connectivity index (χ4v) is 2.83. The summed E-state index contributed by atoms with van der Waals surface area (Å²) in [5.41, 5.74) is 1.18. The molecule has 2 aromatic carbocycles. The maximum Gasteiger partial charge on any atom is 0.257 e. The Morgan fingerprint density at radius 1 is 0.933 bits per heavy atom. The van der Waals surface area contributed by atoms with Crippen LogP contribution in [-0.2, 0) is 4.74 Å². The van der Waals surface area contributed by atoms with Gasteiger partial charge in [0.15, 0.2) is 5.11 Å². The molecule has 0 saturated heterocycles. The molecule has 0 aliphatic rings. The molecule has 0 unspecified atom stereocenters. The Morgan fingerprint density at radius 2 is 1.70 bits per heavy atom. The van der Waals surface area contributed by atoms with Gasteiger partial charge in [0.05, 0.1) is 18.9 Å². The summed E-state index contributed by atoms with van der Waals surface area (Å²) < 4.78 is 16.7. The fourth-order valence-electron chi connectivity index (χ4n) is 2.62. The molecule has 162 valence electrons. The predicted molar refractivity (Wildman–Crippen MR) is 124 cm³/mol. The minimum Gasteiger partial charge on any atom is -0.494 e. The van der Waals surface area contributed by atoms with Crippen LogP contribution in [0, 0.1) is 0 Å². The van der Waals surface area contributed by atoms with E-state index in [2.05, 4.69) is 17.6 Å². The Kier molecular flexibility index (Phi) is 10.7. The lowest BCUT2D eigenvalue weighted by Crippen LogP contribution is -2.34. The monoisotopic (exact) mass is 430 g/mol. The smallest absolute Gasteiger partial charge is 0.257 e. The number of anilines is 1. The second-order valence-electron chi connectivity index (χ2n) is 6.53. The molecule has 7 heteroatoms. The van der Waals surface area contributed by atoms with Crippen molar-refractivity contribution >= 4 is 28.9 Å². The molecule has 30 heavy (non-hydrogen) atoms. The molecule has 0 radical (unpaired) electrons. The van der Waals surface area contributed by atoms with Gasteiger partial charge in [-0.1, -0.05) is 31.9 Å². The number of hydrogen-bond acceptors (Lipinski definition) is 5. The number of hydrogen-bond donors (Lipinski definition) is 2. The molecule has 0 atom stereocenters. The summed E-state index contributed by atoms with van der Waals surface area (Å²) in [4.78, 5) is 12.5. The largest absolute Gasteiger partial charge is 0.494 e. The topological polar surface area (TPSA) is 68.8 Å². The second-order valence-corrected chi connectivity index (χ2v) is 6.94. The normalized spacial score (nSPS) is 10.3. The van der Waals surface area contributed by atoms with E-state index >= 15 is 0 Å². The van der Waals surface area contributed by atoms with Gasteiger partial charge in [-0.3, -0.25) is 10.1 Å². The third-order valence-electron chi connectivity index (χ3n) is 4.18. The highest BCUT2D eigenvalue weighted by Crippen LogP contribution is 2.23. The first kappa shape index (κ1) is 23.6. The zero-order valence-electron chi connectivity index (χ0n) is 17.6. The number of rotatable bonds is 12. The first-order valence-corrected chi connectivity index (χ1v) is 10.7. The highest BCUT2D eigenvalue weighted by Gasteiger charge is 2.10. The molecule has 0 bridgehead atoms. The van der Waals surface area contributed by atoms with Crippen molar-refractivity contribution in [1.82, 2.24) is 5.32 Å². The lowest BCUT2D eigenvalue weighted by Gasteiger charge is -2.14. The van der Waals surface area contributed by atoms with Crippen molar-refractivity contribution in [3.05, 3.63) is 54.1 Å². The summed E-state index contributed by atoms with van der Waals surface area (Å²) in [6.07, 6.45) is 3.32. The van der Waals surface area contributed by atoms with Crippen molar-refractivity contribution in [1.29, 1.82) is 0 Å². The van der Waals surface area contributed by atoms with Gasteiger partial charge in [0.25, 0.3) is 5.91 Å². The van der Waals surface area contributed by atoms with E-state index in [-0.39, 0.29) is 11.0 Å². The molecule has 0 saturated carbocycles. The first-order valence-electron chi connectivity index (χ1n) is 10.3. The van der Waals surface area contributed by atoms with E-state index in [1.165, 1.54) is 0 Å². The molecule has 0 aliphatic heterocycles. The van der Waals surface area contributed by atoms with Crippen LogP contribution in [0.3, 0.4) is 0 Å². The maximum absolute atomic E-state index is 12.5. The van der Waals surface area contributed by atoms with Gasteiger partial charge >= 0.3 is 0 Å². The molecule has 2 N–H and O–H groups in total. The van der Waals surface area contributed by atoms with Crippen LogP contribution in [0.5, 0.6) is 11.5 Å². The SMILES string of the molecule is CCCCCOc1ccc(C(=O)NC(=S)Nc2ccccc2OCCOCC)cc1. The Hall–Kier alpha value is -2.64. The number of thiocarbonyl (C=S) groups is 1. The number of carbonyl (C=O) groups is 1. The van der Waals surface area contributed by atoms with Crippen molar-refractivity contribution in [2.45, 2.75) is 33.1 Å². The van der Waals surface area contributed by atoms with E-state index < -0.39 is 0 Å². The van der Waals surface area contributed by atoms with Gasteiger partial charge in [-0.25, -0.2) is 0 Å². The predicted octanol–water partition coefficient (Wildman–Crippen LogP) is 4.80. The highest BCUT2D eigenvalue weighted by atomic mass is 32.1. The van der Waals surface area contributed by atoms with Crippen LogP contribution in [-0.4, -0.2) is 37.4 Å². The fraction of sp³-hybridized carbons (Fsp3) is 0.391. The minimum atomic E-state index is -0.292. The van der Waals surface area contributed by atoms with E-state index in [1.54, 1.807) is 24.3 Å². The number of para-hydroxylation sites is 2. The second kappa shape index (κ2) is 13.6. The van der Waals surface area contributed by atoms with E-state index in [0.29, 0.717) is 43.4 Å². The molecule has 6 nitrogen and oxygen atoms in total. The lowest BCUT2D eigenvalue weighted by molar-refractivity contribution is 0.0977. The molecule has 0 aromatic heterocycles.